The van der Waals surface area contributed by atoms with Crippen LogP contribution in [0.5, 0.6) is 11.5 Å². The van der Waals surface area contributed by atoms with Crippen molar-refractivity contribution in [3.05, 3.63) is 77.3 Å². The van der Waals surface area contributed by atoms with Gasteiger partial charge in [0, 0.05) is 72.3 Å². The molecule has 220 valence electrons. The van der Waals surface area contributed by atoms with Gasteiger partial charge in [-0.3, -0.25) is 9.20 Å². The number of ketones is 1. The predicted molar refractivity (Wildman–Crippen MR) is 169 cm³/mol. The Morgan fingerprint density at radius 1 is 1.05 bits per heavy atom. The van der Waals surface area contributed by atoms with Crippen molar-refractivity contribution in [2.45, 2.75) is 6.42 Å². The van der Waals surface area contributed by atoms with E-state index in [1.807, 2.05) is 28.8 Å². The molecule has 1 N–H and O–H groups in total. The number of pyridine rings is 3. The summed E-state index contributed by atoms with van der Waals surface area (Å²) in [6, 6.07) is 7.47. The highest BCUT2D eigenvalue weighted by Crippen LogP contribution is 2.47. The number of fused-ring (bicyclic) bond motifs is 3. The van der Waals surface area contributed by atoms with Gasteiger partial charge in [-0.05, 0) is 18.2 Å². The Hall–Kier alpha value is -4.38. The Kier molecular flexibility index (Phi) is 8.07. The number of carbonyl (C=O) groups excluding carboxylic acids is 1. The Morgan fingerprint density at radius 3 is 2.49 bits per heavy atom. The number of anilines is 3. The average molecular weight is 620 g/mol. The van der Waals surface area contributed by atoms with Gasteiger partial charge in [-0.1, -0.05) is 29.8 Å². The van der Waals surface area contributed by atoms with Crippen LogP contribution in [0.3, 0.4) is 0 Å². The SMILES string of the molecule is C=CC(=O)Cc1cc(N2CCOCC2)cnc1Nc1cc2c(cn1)cc(-c1c(Cl)c(OC)cc(OC)c1Cl)c1nccn12. The Bertz CT molecular complexity index is 1840. The summed E-state index contributed by atoms with van der Waals surface area (Å²) in [5, 5.41) is 4.82. The fraction of sp³-hybridized carbons (Fsp3) is 0.226. The van der Waals surface area contributed by atoms with Gasteiger partial charge >= 0.3 is 0 Å². The van der Waals surface area contributed by atoms with Gasteiger partial charge in [0.1, 0.15) is 28.8 Å². The first kappa shape index (κ1) is 28.7. The van der Waals surface area contributed by atoms with Gasteiger partial charge in [-0.15, -0.1) is 0 Å². The van der Waals surface area contributed by atoms with Crippen molar-refractivity contribution in [3.8, 4) is 22.6 Å². The van der Waals surface area contributed by atoms with Crippen molar-refractivity contribution in [2.24, 2.45) is 0 Å². The van der Waals surface area contributed by atoms with Crippen molar-refractivity contribution < 1.29 is 19.0 Å². The normalized spacial score (nSPS) is 13.3. The first-order valence-electron chi connectivity index (χ1n) is 13.5. The number of carbonyl (C=O) groups is 1. The molecule has 0 spiro atoms. The van der Waals surface area contributed by atoms with Crippen molar-refractivity contribution in [2.75, 3.05) is 50.7 Å². The molecule has 0 radical (unpaired) electrons. The van der Waals surface area contributed by atoms with Crippen LogP contribution in [-0.4, -0.2) is 65.7 Å². The van der Waals surface area contributed by atoms with Crippen LogP contribution in [0.1, 0.15) is 5.56 Å². The van der Waals surface area contributed by atoms with Crippen LogP contribution in [0.15, 0.2) is 61.7 Å². The third kappa shape index (κ3) is 5.45. The molecule has 43 heavy (non-hydrogen) atoms. The maximum Gasteiger partial charge on any atom is 0.159 e. The van der Waals surface area contributed by atoms with Gasteiger partial charge in [-0.25, -0.2) is 15.0 Å². The number of nitrogens with zero attached hydrogens (tertiary/aromatic N) is 5. The molecule has 0 unspecified atom stereocenters. The minimum absolute atomic E-state index is 0.102. The zero-order valence-electron chi connectivity index (χ0n) is 23.6. The molecule has 6 rings (SSSR count). The van der Waals surface area contributed by atoms with E-state index < -0.39 is 0 Å². The summed E-state index contributed by atoms with van der Waals surface area (Å²) in [5.41, 5.74) is 4.39. The number of methoxy groups -OCH3 is 2. The molecule has 0 atom stereocenters. The lowest BCUT2D eigenvalue weighted by Crippen LogP contribution is -2.36. The summed E-state index contributed by atoms with van der Waals surface area (Å²) in [6.45, 7) is 6.45. The second-order valence-electron chi connectivity index (χ2n) is 9.86. The fourth-order valence-electron chi connectivity index (χ4n) is 5.19. The molecule has 1 aliphatic heterocycles. The maximum atomic E-state index is 12.4. The van der Waals surface area contributed by atoms with E-state index >= 15 is 0 Å². The highest BCUT2D eigenvalue weighted by molar-refractivity contribution is 6.41. The van der Waals surface area contributed by atoms with E-state index in [-0.39, 0.29) is 12.2 Å². The van der Waals surface area contributed by atoms with Crippen LogP contribution in [0.2, 0.25) is 10.0 Å². The van der Waals surface area contributed by atoms with E-state index in [9.17, 15) is 4.79 Å². The third-order valence-corrected chi connectivity index (χ3v) is 8.11. The highest BCUT2D eigenvalue weighted by atomic mass is 35.5. The second kappa shape index (κ2) is 12.1. The molecule has 4 aromatic heterocycles. The van der Waals surface area contributed by atoms with Crippen LogP contribution in [0.4, 0.5) is 17.3 Å². The topological polar surface area (TPSA) is 103 Å². The minimum Gasteiger partial charge on any atom is -0.495 e. The number of morpholine rings is 1. The number of halogens is 2. The van der Waals surface area contributed by atoms with Crippen LogP contribution < -0.4 is 19.7 Å². The lowest BCUT2D eigenvalue weighted by molar-refractivity contribution is -0.114. The molecule has 1 aromatic carbocycles. The Balaban J connectivity index is 1.42. The molecular weight excluding hydrogens is 591 g/mol. The number of benzene rings is 1. The number of nitrogens with one attached hydrogen (secondary N) is 1. The van der Waals surface area contributed by atoms with Crippen LogP contribution in [0, 0.1) is 0 Å². The van der Waals surface area contributed by atoms with E-state index in [0.717, 1.165) is 35.2 Å². The van der Waals surface area contributed by atoms with Gasteiger partial charge in [-0.2, -0.15) is 0 Å². The first-order chi connectivity index (χ1) is 20.9. The van der Waals surface area contributed by atoms with Crippen molar-refractivity contribution in [1.82, 2.24) is 19.4 Å². The van der Waals surface area contributed by atoms with Crippen LogP contribution in [0.25, 0.3) is 27.7 Å². The van der Waals surface area contributed by atoms with Crippen LogP contribution >= 0.6 is 23.2 Å². The number of hydrogen-bond acceptors (Lipinski definition) is 9. The fourth-order valence-corrected chi connectivity index (χ4v) is 5.89. The number of rotatable bonds is 9. The van der Waals surface area contributed by atoms with E-state index in [0.29, 0.717) is 63.2 Å². The van der Waals surface area contributed by atoms with E-state index in [2.05, 4.69) is 31.7 Å². The molecule has 12 heteroatoms. The minimum atomic E-state index is -0.102. The zero-order chi connectivity index (χ0) is 30.1. The number of allylic oxidation sites excluding steroid dienone is 1. The van der Waals surface area contributed by atoms with Gasteiger partial charge in [0.15, 0.2) is 5.78 Å². The standard InChI is InChI=1S/C31H28Cl2N6O4/c1-4-21(40)12-18-11-20(38-7-9-43-10-8-38)17-36-30(18)37-26-14-23-19(16-35-26)13-22(31-34-5-6-39(23)31)27-28(32)24(41-2)15-25(42-3)29(27)33/h4-6,11,13-17H,1,7-10,12H2,2-3H3,(H,35,36,37). The monoisotopic (exact) mass is 618 g/mol. The Labute approximate surface area is 257 Å². The molecule has 1 aliphatic rings. The Morgan fingerprint density at radius 2 is 1.79 bits per heavy atom. The van der Waals surface area contributed by atoms with Gasteiger partial charge < -0.3 is 24.4 Å². The van der Waals surface area contributed by atoms with Gasteiger partial charge in [0.2, 0.25) is 0 Å². The molecule has 0 bridgehead atoms. The molecule has 5 heterocycles. The van der Waals surface area contributed by atoms with E-state index in [1.165, 1.54) is 20.3 Å². The summed E-state index contributed by atoms with van der Waals surface area (Å²) in [5.74, 6) is 1.85. The molecule has 1 fully saturated rings. The number of hydrogen-bond donors (Lipinski definition) is 1. The highest BCUT2D eigenvalue weighted by Gasteiger charge is 2.23. The van der Waals surface area contributed by atoms with Crippen molar-refractivity contribution >= 4 is 62.9 Å². The van der Waals surface area contributed by atoms with E-state index in [1.54, 1.807) is 24.7 Å². The van der Waals surface area contributed by atoms with Gasteiger partial charge in [0.05, 0.1) is 54.9 Å². The molecule has 0 aliphatic carbocycles. The maximum absolute atomic E-state index is 12.4. The number of ether oxygens (including phenoxy) is 3. The smallest absolute Gasteiger partial charge is 0.159 e. The van der Waals surface area contributed by atoms with Crippen molar-refractivity contribution in [3.63, 3.8) is 0 Å². The number of imidazole rings is 1. The lowest BCUT2D eigenvalue weighted by atomic mass is 10.0. The summed E-state index contributed by atoms with van der Waals surface area (Å²) >= 11 is 13.5. The molecule has 0 amide bonds. The molecular formula is C31H28Cl2N6O4. The first-order valence-corrected chi connectivity index (χ1v) is 14.3. The second-order valence-corrected chi connectivity index (χ2v) is 10.6. The predicted octanol–water partition coefficient (Wildman–Crippen LogP) is 6.15. The zero-order valence-corrected chi connectivity index (χ0v) is 25.1. The lowest BCUT2D eigenvalue weighted by Gasteiger charge is -2.29. The largest absolute Gasteiger partial charge is 0.495 e. The summed E-state index contributed by atoms with van der Waals surface area (Å²) in [7, 11) is 3.07. The van der Waals surface area contributed by atoms with E-state index in [4.69, 9.17) is 37.4 Å². The molecule has 1 saturated heterocycles. The molecule has 0 saturated carbocycles. The summed E-state index contributed by atoms with van der Waals surface area (Å²) in [6.07, 6.45) is 8.58. The van der Waals surface area contributed by atoms with Crippen molar-refractivity contribution in [1.29, 1.82) is 0 Å². The number of aromatic nitrogens is 4. The summed E-state index contributed by atoms with van der Waals surface area (Å²) in [4.78, 5) is 28.5. The van der Waals surface area contributed by atoms with Gasteiger partial charge in [0.25, 0.3) is 0 Å². The average Bonchev–Trinajstić information content (AvgIpc) is 3.53. The van der Waals surface area contributed by atoms with Crippen LogP contribution in [-0.2, 0) is 16.0 Å². The quantitative estimate of drug-likeness (QED) is 0.195. The molecule has 10 nitrogen and oxygen atoms in total. The third-order valence-electron chi connectivity index (χ3n) is 7.36. The summed E-state index contributed by atoms with van der Waals surface area (Å²) < 4.78 is 18.4. The molecule has 5 aromatic rings.